The average molecular weight is 390 g/mol. The molecule has 7 heteroatoms. The fraction of sp³-hybridized carbons (Fsp3) is 0.136. The molecule has 0 aliphatic carbocycles. The Morgan fingerprint density at radius 3 is 2.31 bits per heavy atom. The molecule has 29 heavy (non-hydrogen) atoms. The first-order chi connectivity index (χ1) is 13.9. The quantitative estimate of drug-likeness (QED) is 0.582. The lowest BCUT2D eigenvalue weighted by Crippen LogP contribution is -2.13. The van der Waals surface area contributed by atoms with E-state index in [2.05, 4.69) is 20.9 Å². The van der Waals surface area contributed by atoms with E-state index in [0.29, 0.717) is 28.4 Å². The number of hydrogen-bond acceptors (Lipinski definition) is 5. The fourth-order valence-corrected chi connectivity index (χ4v) is 2.75. The summed E-state index contributed by atoms with van der Waals surface area (Å²) in [6, 6.07) is 14.5. The number of hydrogen-bond donors (Lipinski definition) is 3. The lowest BCUT2D eigenvalue weighted by Gasteiger charge is -2.12. The summed E-state index contributed by atoms with van der Waals surface area (Å²) in [6.07, 6.45) is 3.13. The molecule has 0 aliphatic heterocycles. The Kier molecular flexibility index (Phi) is 6.09. The summed E-state index contributed by atoms with van der Waals surface area (Å²) in [6.45, 7) is 3.40. The zero-order valence-corrected chi connectivity index (χ0v) is 16.4. The van der Waals surface area contributed by atoms with E-state index in [1.165, 1.54) is 13.1 Å². The first-order valence-electron chi connectivity index (χ1n) is 9.00. The third-order valence-corrected chi connectivity index (χ3v) is 4.10. The van der Waals surface area contributed by atoms with Gasteiger partial charge in [-0.3, -0.25) is 14.6 Å². The summed E-state index contributed by atoms with van der Waals surface area (Å²) < 4.78 is 5.30. The monoisotopic (exact) mass is 390 g/mol. The highest BCUT2D eigenvalue weighted by Crippen LogP contribution is 2.26. The Hall–Kier alpha value is -3.87. The molecule has 7 nitrogen and oxygen atoms in total. The summed E-state index contributed by atoms with van der Waals surface area (Å²) in [5.41, 5.74) is 4.21. The number of nitrogens with zero attached hydrogens (tertiary/aromatic N) is 1. The van der Waals surface area contributed by atoms with E-state index in [-0.39, 0.29) is 11.8 Å². The number of rotatable bonds is 6. The number of ether oxygens (including phenoxy) is 1. The maximum atomic E-state index is 12.7. The van der Waals surface area contributed by atoms with Crippen LogP contribution in [-0.2, 0) is 4.79 Å². The van der Waals surface area contributed by atoms with Gasteiger partial charge in [-0.05, 0) is 55.0 Å². The molecule has 0 aliphatic rings. The standard InChI is InChI=1S/C22H22N4O3/c1-14-4-9-21(29-3)20(10-14)26-22(28)16-11-19(13-23-12-16)25-18-7-5-17(6-8-18)24-15(2)27/h4-13,25H,1-3H3,(H,24,27)(H,26,28). The maximum absolute atomic E-state index is 12.7. The predicted molar refractivity (Wildman–Crippen MR) is 114 cm³/mol. The van der Waals surface area contributed by atoms with Gasteiger partial charge in [0.25, 0.3) is 5.91 Å². The Bertz CT molecular complexity index is 1030. The fourth-order valence-electron chi connectivity index (χ4n) is 2.75. The van der Waals surface area contributed by atoms with Crippen LogP contribution in [0.2, 0.25) is 0 Å². The number of aromatic nitrogens is 1. The van der Waals surface area contributed by atoms with Crippen LogP contribution in [0.4, 0.5) is 22.7 Å². The van der Waals surface area contributed by atoms with E-state index in [9.17, 15) is 9.59 Å². The molecule has 0 bridgehead atoms. The van der Waals surface area contributed by atoms with Crippen LogP contribution in [0.5, 0.6) is 5.75 Å². The highest BCUT2D eigenvalue weighted by atomic mass is 16.5. The largest absolute Gasteiger partial charge is 0.495 e. The van der Waals surface area contributed by atoms with Gasteiger partial charge in [-0.15, -0.1) is 0 Å². The van der Waals surface area contributed by atoms with E-state index in [1.807, 2.05) is 37.3 Å². The zero-order chi connectivity index (χ0) is 20.8. The lowest BCUT2D eigenvalue weighted by atomic mass is 10.2. The number of pyridine rings is 1. The van der Waals surface area contributed by atoms with Crippen molar-refractivity contribution in [3.63, 3.8) is 0 Å². The van der Waals surface area contributed by atoms with Crippen LogP contribution in [0.3, 0.4) is 0 Å². The van der Waals surface area contributed by atoms with Crippen molar-refractivity contribution in [1.29, 1.82) is 0 Å². The minimum Gasteiger partial charge on any atom is -0.495 e. The minimum atomic E-state index is -0.286. The second-order valence-electron chi connectivity index (χ2n) is 6.50. The van der Waals surface area contributed by atoms with Crippen LogP contribution in [0.1, 0.15) is 22.8 Å². The first kappa shape index (κ1) is 19.9. The number of carbonyl (C=O) groups excluding carboxylic acids is 2. The number of methoxy groups -OCH3 is 1. The van der Waals surface area contributed by atoms with E-state index < -0.39 is 0 Å². The molecule has 0 saturated carbocycles. The molecular formula is C22H22N4O3. The highest BCUT2D eigenvalue weighted by molar-refractivity contribution is 6.05. The molecule has 148 valence electrons. The Morgan fingerprint density at radius 1 is 0.897 bits per heavy atom. The van der Waals surface area contributed by atoms with Gasteiger partial charge < -0.3 is 20.7 Å². The molecule has 0 fully saturated rings. The summed E-state index contributed by atoms with van der Waals surface area (Å²) in [5, 5.41) is 8.77. The third-order valence-electron chi connectivity index (χ3n) is 4.10. The van der Waals surface area contributed by atoms with Crippen LogP contribution in [-0.4, -0.2) is 23.9 Å². The average Bonchev–Trinajstić information content (AvgIpc) is 2.69. The molecule has 0 unspecified atom stereocenters. The topological polar surface area (TPSA) is 92.3 Å². The van der Waals surface area contributed by atoms with Crippen LogP contribution >= 0.6 is 0 Å². The Morgan fingerprint density at radius 2 is 1.62 bits per heavy atom. The van der Waals surface area contributed by atoms with E-state index in [4.69, 9.17) is 4.74 Å². The lowest BCUT2D eigenvalue weighted by molar-refractivity contribution is -0.114. The van der Waals surface area contributed by atoms with E-state index in [1.54, 1.807) is 31.5 Å². The zero-order valence-electron chi connectivity index (χ0n) is 16.4. The molecule has 3 aromatic rings. The second-order valence-corrected chi connectivity index (χ2v) is 6.50. The second kappa shape index (κ2) is 8.88. The molecule has 0 radical (unpaired) electrons. The van der Waals surface area contributed by atoms with Gasteiger partial charge in [-0.25, -0.2) is 0 Å². The molecule has 0 spiro atoms. The minimum absolute atomic E-state index is 0.126. The summed E-state index contributed by atoms with van der Waals surface area (Å²) in [5.74, 6) is 0.176. The van der Waals surface area contributed by atoms with Gasteiger partial charge in [0, 0.05) is 24.5 Å². The van der Waals surface area contributed by atoms with Crippen LogP contribution in [0.25, 0.3) is 0 Å². The Labute approximate surface area is 169 Å². The van der Waals surface area contributed by atoms with Crippen LogP contribution in [0.15, 0.2) is 60.9 Å². The van der Waals surface area contributed by atoms with Gasteiger partial charge in [-0.1, -0.05) is 6.07 Å². The molecule has 3 rings (SSSR count). The third kappa shape index (κ3) is 5.32. The van der Waals surface area contributed by atoms with Crippen molar-refractivity contribution < 1.29 is 14.3 Å². The van der Waals surface area contributed by atoms with E-state index >= 15 is 0 Å². The van der Waals surface area contributed by atoms with Crippen molar-refractivity contribution in [2.24, 2.45) is 0 Å². The van der Waals surface area contributed by atoms with Crippen molar-refractivity contribution >= 4 is 34.6 Å². The number of carbonyl (C=O) groups is 2. The SMILES string of the molecule is COc1ccc(C)cc1NC(=O)c1cncc(Nc2ccc(NC(C)=O)cc2)c1. The normalized spacial score (nSPS) is 10.2. The van der Waals surface area contributed by atoms with Gasteiger partial charge in [0.1, 0.15) is 5.75 Å². The molecule has 2 amide bonds. The molecule has 1 aromatic heterocycles. The summed E-state index contributed by atoms with van der Waals surface area (Å²) in [7, 11) is 1.56. The smallest absolute Gasteiger partial charge is 0.257 e. The number of aryl methyl sites for hydroxylation is 1. The number of benzene rings is 2. The van der Waals surface area contributed by atoms with Gasteiger partial charge in [0.15, 0.2) is 0 Å². The molecule has 3 N–H and O–H groups in total. The number of amides is 2. The van der Waals surface area contributed by atoms with Crippen molar-refractivity contribution in [2.75, 3.05) is 23.1 Å². The molecule has 1 heterocycles. The van der Waals surface area contributed by atoms with Gasteiger partial charge in [0.05, 0.1) is 30.2 Å². The van der Waals surface area contributed by atoms with Crippen molar-refractivity contribution in [3.8, 4) is 5.75 Å². The van der Waals surface area contributed by atoms with E-state index in [0.717, 1.165) is 11.3 Å². The van der Waals surface area contributed by atoms with Gasteiger partial charge in [0.2, 0.25) is 5.91 Å². The van der Waals surface area contributed by atoms with Gasteiger partial charge >= 0.3 is 0 Å². The maximum Gasteiger partial charge on any atom is 0.257 e. The van der Waals surface area contributed by atoms with Crippen molar-refractivity contribution in [1.82, 2.24) is 4.98 Å². The molecule has 0 saturated heterocycles. The summed E-state index contributed by atoms with van der Waals surface area (Å²) in [4.78, 5) is 27.9. The predicted octanol–water partition coefficient (Wildman–Crippen LogP) is 4.35. The van der Waals surface area contributed by atoms with Gasteiger partial charge in [-0.2, -0.15) is 0 Å². The van der Waals surface area contributed by atoms with Crippen molar-refractivity contribution in [3.05, 3.63) is 72.1 Å². The first-order valence-corrected chi connectivity index (χ1v) is 9.00. The van der Waals surface area contributed by atoms with Crippen LogP contribution < -0.4 is 20.7 Å². The summed E-state index contributed by atoms with van der Waals surface area (Å²) >= 11 is 0. The van der Waals surface area contributed by atoms with Crippen molar-refractivity contribution in [2.45, 2.75) is 13.8 Å². The number of nitrogens with one attached hydrogen (secondary N) is 3. The number of anilines is 4. The molecule has 0 atom stereocenters. The highest BCUT2D eigenvalue weighted by Gasteiger charge is 2.11. The molecular weight excluding hydrogens is 368 g/mol. The van der Waals surface area contributed by atoms with Crippen LogP contribution in [0, 0.1) is 6.92 Å². The Balaban J connectivity index is 1.73. The molecule has 2 aromatic carbocycles.